The second kappa shape index (κ2) is 5.46. The van der Waals surface area contributed by atoms with Crippen LogP contribution in [0.3, 0.4) is 0 Å². The Balaban J connectivity index is 2.20. The minimum absolute atomic E-state index is 0.346. The van der Waals surface area contributed by atoms with Crippen LogP contribution in [-0.2, 0) is 6.42 Å². The van der Waals surface area contributed by atoms with Gasteiger partial charge in [0, 0.05) is 11.3 Å². The highest BCUT2D eigenvalue weighted by Crippen LogP contribution is 2.32. The lowest BCUT2D eigenvalue weighted by atomic mass is 10.1. The van der Waals surface area contributed by atoms with E-state index >= 15 is 0 Å². The predicted molar refractivity (Wildman–Crippen MR) is 86.1 cm³/mol. The average Bonchev–Trinajstić information content (AvgIpc) is 3.04. The summed E-state index contributed by atoms with van der Waals surface area (Å²) in [4.78, 5) is 17.0. The van der Waals surface area contributed by atoms with Gasteiger partial charge in [-0.15, -0.1) is 0 Å². The van der Waals surface area contributed by atoms with Crippen LogP contribution in [0.1, 0.15) is 28.0 Å². The first-order valence-electron chi connectivity index (χ1n) is 6.95. The molecular formula is C16H16N2O3S. The van der Waals surface area contributed by atoms with E-state index < -0.39 is 5.97 Å². The lowest BCUT2D eigenvalue weighted by molar-refractivity contribution is 0.0701. The molecule has 22 heavy (non-hydrogen) atoms. The molecule has 5 nitrogen and oxygen atoms in total. The zero-order valence-corrected chi connectivity index (χ0v) is 13.4. The van der Waals surface area contributed by atoms with Gasteiger partial charge in [-0.1, -0.05) is 18.3 Å². The molecule has 0 saturated carbocycles. The molecule has 1 aromatic carbocycles. The van der Waals surface area contributed by atoms with Gasteiger partial charge in [0.25, 0.3) is 0 Å². The van der Waals surface area contributed by atoms with Gasteiger partial charge in [0.1, 0.15) is 10.6 Å². The molecule has 0 aliphatic rings. The molecule has 0 bridgehead atoms. The lowest BCUT2D eigenvalue weighted by Crippen LogP contribution is -1.99. The summed E-state index contributed by atoms with van der Waals surface area (Å²) in [6, 6.07) is 7.74. The molecule has 0 aliphatic carbocycles. The maximum absolute atomic E-state index is 11.3. The monoisotopic (exact) mass is 316 g/mol. The summed E-state index contributed by atoms with van der Waals surface area (Å²) in [6.07, 6.45) is 0.777. The fourth-order valence-electron chi connectivity index (χ4n) is 2.62. The smallest absolute Gasteiger partial charge is 0.347 e. The van der Waals surface area contributed by atoms with Crippen molar-refractivity contribution in [2.24, 2.45) is 0 Å². The van der Waals surface area contributed by atoms with Crippen molar-refractivity contribution >= 4 is 22.3 Å². The van der Waals surface area contributed by atoms with Gasteiger partial charge in [-0.3, -0.25) is 4.40 Å². The van der Waals surface area contributed by atoms with Crippen LogP contribution in [0.2, 0.25) is 0 Å². The van der Waals surface area contributed by atoms with E-state index in [-0.39, 0.29) is 0 Å². The van der Waals surface area contributed by atoms with Crippen LogP contribution in [0.4, 0.5) is 0 Å². The second-order valence-corrected chi connectivity index (χ2v) is 5.91. The number of hydrogen-bond acceptors (Lipinski definition) is 4. The van der Waals surface area contributed by atoms with Crippen molar-refractivity contribution in [1.82, 2.24) is 9.38 Å². The summed E-state index contributed by atoms with van der Waals surface area (Å²) in [5, 5.41) is 9.25. The van der Waals surface area contributed by atoms with Crippen LogP contribution in [-0.4, -0.2) is 27.6 Å². The van der Waals surface area contributed by atoms with Crippen molar-refractivity contribution in [2.75, 3.05) is 7.11 Å². The normalized spacial score (nSPS) is 11.0. The summed E-state index contributed by atoms with van der Waals surface area (Å²) < 4.78 is 7.13. The lowest BCUT2D eigenvalue weighted by Gasteiger charge is -2.05. The Morgan fingerprint density at radius 3 is 2.59 bits per heavy atom. The quantitative estimate of drug-likeness (QED) is 0.798. The number of aromatic carboxylic acids is 1. The zero-order chi connectivity index (χ0) is 15.9. The van der Waals surface area contributed by atoms with Gasteiger partial charge in [0.15, 0.2) is 4.96 Å². The third-order valence-corrected chi connectivity index (χ3v) is 4.82. The van der Waals surface area contributed by atoms with Crippen molar-refractivity contribution in [3.8, 4) is 17.0 Å². The van der Waals surface area contributed by atoms with E-state index in [2.05, 4.69) is 4.98 Å². The maximum atomic E-state index is 11.3. The largest absolute Gasteiger partial charge is 0.497 e. The number of carboxylic acid groups (broad SMARTS) is 1. The Hall–Kier alpha value is -2.34. The van der Waals surface area contributed by atoms with E-state index in [1.807, 2.05) is 42.5 Å². The number of rotatable bonds is 4. The van der Waals surface area contributed by atoms with Crippen LogP contribution < -0.4 is 4.74 Å². The predicted octanol–water partition coefficient (Wildman–Crippen LogP) is 3.64. The molecule has 0 amide bonds. The standard InChI is InChI=1S/C16H16N2O3S/c1-4-12-13(10-5-7-11(21-3)8-6-10)17-16-18(12)9(2)14(22-16)15(19)20/h5-8H,4H2,1-3H3,(H,19,20). The van der Waals surface area contributed by atoms with Gasteiger partial charge < -0.3 is 9.84 Å². The minimum atomic E-state index is -0.902. The highest BCUT2D eigenvalue weighted by molar-refractivity contribution is 7.19. The third-order valence-electron chi connectivity index (χ3n) is 3.69. The molecule has 0 atom stereocenters. The molecule has 0 radical (unpaired) electrons. The van der Waals surface area contributed by atoms with Crippen molar-refractivity contribution < 1.29 is 14.6 Å². The zero-order valence-electron chi connectivity index (χ0n) is 12.6. The molecule has 2 heterocycles. The van der Waals surface area contributed by atoms with Crippen molar-refractivity contribution in [2.45, 2.75) is 20.3 Å². The Bertz CT molecular complexity index is 847. The van der Waals surface area contributed by atoms with Crippen molar-refractivity contribution in [3.05, 3.63) is 40.5 Å². The number of thiazole rings is 1. The Morgan fingerprint density at radius 1 is 1.36 bits per heavy atom. The van der Waals surface area contributed by atoms with Crippen molar-refractivity contribution in [3.63, 3.8) is 0 Å². The summed E-state index contributed by atoms with van der Waals surface area (Å²) in [6.45, 7) is 3.87. The number of methoxy groups -OCH3 is 1. The van der Waals surface area contributed by atoms with Gasteiger partial charge in [0.05, 0.1) is 18.5 Å². The van der Waals surface area contributed by atoms with E-state index in [0.717, 1.165) is 39.8 Å². The van der Waals surface area contributed by atoms with Crippen molar-refractivity contribution in [1.29, 1.82) is 0 Å². The molecule has 0 saturated heterocycles. The van der Waals surface area contributed by atoms with Gasteiger partial charge >= 0.3 is 5.97 Å². The molecule has 0 spiro atoms. The first-order valence-corrected chi connectivity index (χ1v) is 7.76. The summed E-state index contributed by atoms with van der Waals surface area (Å²) in [5.41, 5.74) is 3.67. The van der Waals surface area contributed by atoms with Crippen LogP contribution >= 0.6 is 11.3 Å². The first-order chi connectivity index (χ1) is 10.6. The van der Waals surface area contributed by atoms with E-state index in [0.29, 0.717) is 4.88 Å². The number of carbonyl (C=O) groups is 1. The Morgan fingerprint density at radius 2 is 2.05 bits per heavy atom. The number of carboxylic acids is 1. The van der Waals surface area contributed by atoms with E-state index in [1.165, 1.54) is 11.3 Å². The number of ether oxygens (including phenoxy) is 1. The second-order valence-electron chi connectivity index (χ2n) is 4.93. The van der Waals surface area contributed by atoms with E-state index in [4.69, 9.17) is 4.74 Å². The number of hydrogen-bond donors (Lipinski definition) is 1. The molecule has 114 valence electrons. The summed E-state index contributed by atoms with van der Waals surface area (Å²) in [5.74, 6) is -0.104. The molecule has 3 rings (SSSR count). The summed E-state index contributed by atoms with van der Waals surface area (Å²) in [7, 11) is 1.63. The number of imidazole rings is 1. The van der Waals surface area contributed by atoms with E-state index in [1.54, 1.807) is 7.11 Å². The molecule has 3 aromatic rings. The average molecular weight is 316 g/mol. The molecule has 2 aromatic heterocycles. The van der Waals surface area contributed by atoms with Gasteiger partial charge in [-0.2, -0.15) is 0 Å². The fourth-order valence-corrected chi connectivity index (χ4v) is 3.60. The number of fused-ring (bicyclic) bond motifs is 1. The van der Waals surface area contributed by atoms with Crippen LogP contribution in [0, 0.1) is 6.92 Å². The third kappa shape index (κ3) is 2.16. The van der Waals surface area contributed by atoms with E-state index in [9.17, 15) is 9.90 Å². The molecular weight excluding hydrogens is 300 g/mol. The topological polar surface area (TPSA) is 63.8 Å². The minimum Gasteiger partial charge on any atom is -0.497 e. The van der Waals surface area contributed by atoms with Crippen LogP contribution in [0.15, 0.2) is 24.3 Å². The number of aromatic nitrogens is 2. The van der Waals surface area contributed by atoms with Crippen LogP contribution in [0.5, 0.6) is 5.75 Å². The Kier molecular flexibility index (Phi) is 3.62. The molecule has 0 unspecified atom stereocenters. The highest BCUT2D eigenvalue weighted by Gasteiger charge is 2.21. The highest BCUT2D eigenvalue weighted by atomic mass is 32.1. The van der Waals surface area contributed by atoms with Crippen LogP contribution in [0.25, 0.3) is 16.2 Å². The SMILES string of the molecule is CCc1c(-c2ccc(OC)cc2)nc2sc(C(=O)O)c(C)n12. The number of nitrogens with zero attached hydrogens (tertiary/aromatic N) is 2. The first kappa shape index (κ1) is 14.6. The number of aryl methyl sites for hydroxylation is 2. The maximum Gasteiger partial charge on any atom is 0.347 e. The molecule has 1 N–H and O–H groups in total. The molecule has 0 aliphatic heterocycles. The molecule has 6 heteroatoms. The Labute approximate surface area is 131 Å². The molecule has 0 fully saturated rings. The number of benzene rings is 1. The van der Waals surface area contributed by atoms with Gasteiger partial charge in [-0.05, 0) is 37.6 Å². The fraction of sp³-hybridized carbons (Fsp3) is 0.250. The van der Waals surface area contributed by atoms with Gasteiger partial charge in [0.2, 0.25) is 0 Å². The van der Waals surface area contributed by atoms with Gasteiger partial charge in [-0.25, -0.2) is 9.78 Å². The summed E-state index contributed by atoms with van der Waals surface area (Å²) >= 11 is 1.21.